The summed E-state index contributed by atoms with van der Waals surface area (Å²) in [4.78, 5) is 10.4. The molecule has 0 spiro atoms. The van der Waals surface area contributed by atoms with Crippen molar-refractivity contribution >= 4 is 87.5 Å². The molecule has 6 aromatic heterocycles. The van der Waals surface area contributed by atoms with Gasteiger partial charge in [0.15, 0.2) is 0 Å². The van der Waals surface area contributed by atoms with Crippen LogP contribution in [-0.2, 0) is 10.8 Å². The summed E-state index contributed by atoms with van der Waals surface area (Å²) in [6, 6.07) is 104. The van der Waals surface area contributed by atoms with Crippen molar-refractivity contribution in [2.24, 2.45) is 0 Å². The maximum absolute atomic E-state index is 6.60. The predicted octanol–water partition coefficient (Wildman–Crippen LogP) is 23.4. The van der Waals surface area contributed by atoms with Crippen LogP contribution in [0.2, 0.25) is 0 Å². The van der Waals surface area contributed by atoms with E-state index in [1.54, 1.807) is 0 Å². The van der Waals surface area contributed by atoms with Crippen molar-refractivity contribution in [1.82, 2.24) is 19.1 Å². The number of aromatic nitrogens is 4. The summed E-state index contributed by atoms with van der Waals surface area (Å²) in [5, 5.41) is 9.66. The molecule has 444 valence electrons. The highest BCUT2D eigenvalue weighted by molar-refractivity contribution is 6.15. The highest BCUT2D eigenvalue weighted by Crippen LogP contribution is 2.56. The SMILES string of the molecule is CC1(C)c2cc3c4ccccc4n(-c4cc(-c5ccccc5)nc(-c5ccccc5)c4)c3cc2-c2ccc3c(oc4ccccc43)c21.CC1(C)c2cc3oc4ccccc4c3cc2-c2cc3c(cc21)c1ccccc1n3-c1cc(-c2ccccc2)nc(-c2ccccc2)c1. The summed E-state index contributed by atoms with van der Waals surface area (Å²) < 4.78 is 17.8. The summed E-state index contributed by atoms with van der Waals surface area (Å²) in [5.74, 6) is 0. The van der Waals surface area contributed by atoms with Crippen LogP contribution in [0, 0.1) is 0 Å². The molecule has 0 atom stereocenters. The summed E-state index contributed by atoms with van der Waals surface area (Å²) in [6.45, 7) is 9.38. The molecule has 0 aliphatic heterocycles. The smallest absolute Gasteiger partial charge is 0.140 e. The van der Waals surface area contributed by atoms with Gasteiger partial charge in [-0.1, -0.05) is 228 Å². The number of hydrogen-bond donors (Lipinski definition) is 0. The Labute approximate surface area is 542 Å². The molecule has 2 aliphatic carbocycles. The Morgan fingerprint density at radius 3 is 1.14 bits per heavy atom. The lowest BCUT2D eigenvalue weighted by Gasteiger charge is -2.21. The Hall–Kier alpha value is -11.9. The number of pyridine rings is 2. The van der Waals surface area contributed by atoms with Crippen molar-refractivity contribution in [2.75, 3.05) is 0 Å². The van der Waals surface area contributed by atoms with Crippen molar-refractivity contribution in [2.45, 2.75) is 38.5 Å². The largest absolute Gasteiger partial charge is 0.456 e. The quantitative estimate of drug-likeness (QED) is 0.166. The Morgan fingerprint density at radius 1 is 0.266 bits per heavy atom. The Balaban J connectivity index is 0.000000133. The van der Waals surface area contributed by atoms with Crippen LogP contribution in [0.4, 0.5) is 0 Å². The third-order valence-electron chi connectivity index (χ3n) is 20.3. The number of furan rings is 2. The second kappa shape index (κ2) is 20.3. The van der Waals surface area contributed by atoms with Gasteiger partial charge in [-0.05, 0) is 130 Å². The number of benzene rings is 12. The molecule has 0 fully saturated rings. The molecule has 12 aromatic carbocycles. The minimum absolute atomic E-state index is 0.174. The van der Waals surface area contributed by atoms with Gasteiger partial charge in [0.1, 0.15) is 22.3 Å². The second-order valence-corrected chi connectivity index (χ2v) is 26.4. The van der Waals surface area contributed by atoms with Gasteiger partial charge in [0.05, 0.1) is 56.2 Å². The van der Waals surface area contributed by atoms with Crippen LogP contribution >= 0.6 is 0 Å². The molecular weight excluding hydrogens is 1140 g/mol. The molecular formula is C88H60N4O2. The number of rotatable bonds is 6. The third-order valence-corrected chi connectivity index (χ3v) is 20.3. The van der Waals surface area contributed by atoms with Crippen LogP contribution in [0.25, 0.3) is 166 Å². The van der Waals surface area contributed by atoms with E-state index in [0.717, 1.165) is 89.5 Å². The first-order valence-electron chi connectivity index (χ1n) is 32.4. The van der Waals surface area contributed by atoms with E-state index >= 15 is 0 Å². The zero-order valence-corrected chi connectivity index (χ0v) is 52.3. The lowest BCUT2D eigenvalue weighted by atomic mass is 9.81. The summed E-state index contributed by atoms with van der Waals surface area (Å²) >= 11 is 0. The normalized spacial score (nSPS) is 13.5. The number of para-hydroxylation sites is 4. The topological polar surface area (TPSA) is 61.9 Å². The van der Waals surface area contributed by atoms with Crippen molar-refractivity contribution in [3.05, 3.63) is 313 Å². The number of fused-ring (bicyclic) bond motifs is 19. The van der Waals surface area contributed by atoms with Crippen molar-refractivity contribution in [1.29, 1.82) is 0 Å². The first-order valence-corrected chi connectivity index (χ1v) is 32.4. The van der Waals surface area contributed by atoms with E-state index in [2.05, 4.69) is 316 Å². The van der Waals surface area contributed by atoms with Crippen molar-refractivity contribution in [3.8, 4) is 78.7 Å². The lowest BCUT2D eigenvalue weighted by molar-refractivity contribution is 0.620. The molecule has 0 unspecified atom stereocenters. The minimum atomic E-state index is -0.229. The predicted molar refractivity (Wildman–Crippen MR) is 389 cm³/mol. The average Bonchev–Trinajstić information content (AvgIpc) is 1.55. The number of nitrogens with zero attached hydrogens (tertiary/aromatic N) is 4. The van der Waals surface area contributed by atoms with E-state index in [1.807, 2.05) is 12.1 Å². The molecule has 0 saturated heterocycles. The average molecular weight is 1210 g/mol. The second-order valence-electron chi connectivity index (χ2n) is 26.4. The molecule has 6 nitrogen and oxygen atoms in total. The fraction of sp³-hybridized carbons (Fsp3) is 0.0682. The first kappa shape index (κ1) is 53.9. The Morgan fingerprint density at radius 2 is 0.649 bits per heavy atom. The van der Waals surface area contributed by atoms with E-state index in [-0.39, 0.29) is 10.8 Å². The van der Waals surface area contributed by atoms with Gasteiger partial charge in [-0.25, -0.2) is 9.97 Å². The molecule has 20 rings (SSSR count). The van der Waals surface area contributed by atoms with Gasteiger partial charge in [0, 0.05) is 81.7 Å². The van der Waals surface area contributed by atoms with Gasteiger partial charge in [-0.3, -0.25) is 0 Å². The van der Waals surface area contributed by atoms with E-state index < -0.39 is 0 Å². The fourth-order valence-electron chi connectivity index (χ4n) is 15.8. The zero-order valence-electron chi connectivity index (χ0n) is 52.3. The molecule has 0 amide bonds. The molecule has 18 aromatic rings. The summed E-state index contributed by atoms with van der Waals surface area (Å²) in [7, 11) is 0. The van der Waals surface area contributed by atoms with Crippen molar-refractivity contribution in [3.63, 3.8) is 0 Å². The zero-order chi connectivity index (χ0) is 62.6. The standard InChI is InChI=1S/2C44H30N2O/c1-44(2)36-24-34-30-17-9-11-19-40(30)46(29-21-38(27-13-5-3-6-14-27)45-39(22-29)28-15-7-4-8-16-28)41(34)25-33(36)32-23-35-31-18-10-12-20-42(31)47-43(35)26-37(32)44;1-44(2)36-25-35-30-17-9-11-19-39(30)46(29-23-37(27-13-5-3-6-14-27)45-38(24-29)28-15-7-4-8-16-28)40(35)26-34(36)32-21-22-33-31-18-10-12-20-41(31)47-43(33)42(32)44/h2*3-26H,1-2H3. The van der Waals surface area contributed by atoms with E-state index in [1.165, 1.54) is 98.9 Å². The molecule has 0 saturated carbocycles. The number of hydrogen-bond acceptors (Lipinski definition) is 4. The van der Waals surface area contributed by atoms with Gasteiger partial charge >= 0.3 is 0 Å². The van der Waals surface area contributed by atoms with Crippen LogP contribution in [-0.4, -0.2) is 19.1 Å². The van der Waals surface area contributed by atoms with Gasteiger partial charge in [0.25, 0.3) is 0 Å². The van der Waals surface area contributed by atoms with Gasteiger partial charge in [-0.2, -0.15) is 0 Å². The van der Waals surface area contributed by atoms with Gasteiger partial charge in [-0.15, -0.1) is 0 Å². The van der Waals surface area contributed by atoms with Crippen LogP contribution in [0.3, 0.4) is 0 Å². The summed E-state index contributed by atoms with van der Waals surface area (Å²) in [6.07, 6.45) is 0. The van der Waals surface area contributed by atoms with E-state index in [4.69, 9.17) is 18.8 Å². The molecule has 6 heteroatoms. The minimum Gasteiger partial charge on any atom is -0.456 e. The maximum atomic E-state index is 6.60. The molecule has 0 bridgehead atoms. The Bertz CT molecular complexity index is 6030. The molecule has 0 N–H and O–H groups in total. The molecule has 2 aliphatic rings. The van der Waals surface area contributed by atoms with E-state index in [9.17, 15) is 0 Å². The molecule has 0 radical (unpaired) electrons. The van der Waals surface area contributed by atoms with Crippen LogP contribution in [0.1, 0.15) is 49.9 Å². The first-order chi connectivity index (χ1) is 46.1. The molecule has 94 heavy (non-hydrogen) atoms. The van der Waals surface area contributed by atoms with Crippen LogP contribution < -0.4 is 0 Å². The third kappa shape index (κ3) is 8.09. The van der Waals surface area contributed by atoms with Crippen LogP contribution in [0.15, 0.2) is 300 Å². The van der Waals surface area contributed by atoms with E-state index in [0.29, 0.717) is 0 Å². The van der Waals surface area contributed by atoms with Crippen LogP contribution in [0.5, 0.6) is 0 Å². The molecule has 6 heterocycles. The van der Waals surface area contributed by atoms with Crippen molar-refractivity contribution < 1.29 is 8.83 Å². The fourth-order valence-corrected chi connectivity index (χ4v) is 15.8. The monoisotopic (exact) mass is 1200 g/mol. The summed E-state index contributed by atoms with van der Waals surface area (Å²) in [5.41, 5.74) is 28.9. The van der Waals surface area contributed by atoms with Gasteiger partial charge < -0.3 is 18.0 Å². The van der Waals surface area contributed by atoms with Gasteiger partial charge in [0.2, 0.25) is 0 Å². The highest BCUT2D eigenvalue weighted by Gasteiger charge is 2.40. The highest BCUT2D eigenvalue weighted by atomic mass is 16.3. The maximum Gasteiger partial charge on any atom is 0.140 e. The Kier molecular flexibility index (Phi) is 11.7. The lowest BCUT2D eigenvalue weighted by Crippen LogP contribution is -2.15.